The number of rotatable bonds is 4. The van der Waals surface area contributed by atoms with Gasteiger partial charge >= 0.3 is 0 Å². The molecule has 1 saturated heterocycles. The number of hydrogen-bond donors (Lipinski definition) is 1. The molecule has 1 aromatic rings. The van der Waals surface area contributed by atoms with Crippen LogP contribution >= 0.6 is 0 Å². The Morgan fingerprint density at radius 2 is 2.39 bits per heavy atom. The molecule has 2 heterocycles. The number of aromatic nitrogens is 2. The fraction of sp³-hybridized carbons (Fsp3) is 0.692. The maximum atomic E-state index is 12.0. The lowest BCUT2D eigenvalue weighted by Gasteiger charge is -2.16. The Kier molecular flexibility index (Phi) is 4.01. The number of imidazole rings is 1. The van der Waals surface area contributed by atoms with Crippen LogP contribution in [0.4, 0.5) is 0 Å². The van der Waals surface area contributed by atoms with E-state index in [1.165, 1.54) is 0 Å². The summed E-state index contributed by atoms with van der Waals surface area (Å²) < 4.78 is 2.07. The molecule has 0 aliphatic carbocycles. The third-order valence-corrected chi connectivity index (χ3v) is 3.41. The number of hydrogen-bond acceptors (Lipinski definition) is 3. The molecule has 0 bridgehead atoms. The third kappa shape index (κ3) is 2.90. The number of amides is 1. The number of aryl methyl sites for hydroxylation is 1. The monoisotopic (exact) mass is 250 g/mol. The summed E-state index contributed by atoms with van der Waals surface area (Å²) in [6.45, 7) is 6.44. The van der Waals surface area contributed by atoms with E-state index in [1.54, 1.807) is 6.20 Å². The van der Waals surface area contributed by atoms with Crippen molar-refractivity contribution in [3.05, 3.63) is 18.2 Å². The summed E-state index contributed by atoms with van der Waals surface area (Å²) in [5, 5.41) is 0. The molecule has 1 unspecified atom stereocenters. The molecule has 1 aliphatic rings. The molecule has 0 aromatic carbocycles. The first kappa shape index (κ1) is 13.1. The molecule has 1 amide bonds. The highest BCUT2D eigenvalue weighted by atomic mass is 16.2. The Balaban J connectivity index is 1.87. The summed E-state index contributed by atoms with van der Waals surface area (Å²) >= 11 is 0. The number of nitrogens with two attached hydrogens (primary N) is 1. The second-order valence-electron chi connectivity index (χ2n) is 5.27. The molecule has 2 N–H and O–H groups in total. The average molecular weight is 250 g/mol. The van der Waals surface area contributed by atoms with E-state index in [0.29, 0.717) is 25.4 Å². The molecule has 2 rings (SSSR count). The molecule has 1 aromatic heterocycles. The molecule has 5 nitrogen and oxygen atoms in total. The zero-order valence-corrected chi connectivity index (χ0v) is 11.2. The molecule has 5 heteroatoms. The molecule has 1 aliphatic heterocycles. The maximum absolute atomic E-state index is 12.0. The van der Waals surface area contributed by atoms with Crippen molar-refractivity contribution in [1.82, 2.24) is 14.5 Å². The van der Waals surface area contributed by atoms with Crippen molar-refractivity contribution in [2.24, 2.45) is 5.73 Å². The second-order valence-corrected chi connectivity index (χ2v) is 5.27. The van der Waals surface area contributed by atoms with E-state index < -0.39 is 0 Å². The van der Waals surface area contributed by atoms with Gasteiger partial charge in [0.25, 0.3) is 0 Å². The van der Waals surface area contributed by atoms with Gasteiger partial charge in [-0.15, -0.1) is 0 Å². The minimum atomic E-state index is 0.161. The van der Waals surface area contributed by atoms with Crippen molar-refractivity contribution in [2.45, 2.75) is 45.2 Å². The van der Waals surface area contributed by atoms with Crippen LogP contribution in [0.1, 0.15) is 38.4 Å². The molecular formula is C13H22N4O. The quantitative estimate of drug-likeness (QED) is 0.865. The molecule has 18 heavy (non-hydrogen) atoms. The Labute approximate surface area is 108 Å². The summed E-state index contributed by atoms with van der Waals surface area (Å²) in [6, 6.07) is 0.161. The zero-order chi connectivity index (χ0) is 13.1. The molecule has 0 radical (unpaired) electrons. The largest absolute Gasteiger partial charge is 0.341 e. The average Bonchev–Trinajstić information content (AvgIpc) is 2.94. The predicted molar refractivity (Wildman–Crippen MR) is 70.1 cm³/mol. The lowest BCUT2D eigenvalue weighted by Crippen LogP contribution is -2.32. The van der Waals surface area contributed by atoms with E-state index >= 15 is 0 Å². The fourth-order valence-electron chi connectivity index (χ4n) is 2.40. The van der Waals surface area contributed by atoms with Crippen LogP contribution in [0.2, 0.25) is 0 Å². The van der Waals surface area contributed by atoms with Gasteiger partial charge in [0, 0.05) is 50.4 Å². The fourth-order valence-corrected chi connectivity index (χ4v) is 2.40. The number of carbonyl (C=O) groups excluding carboxylic acids is 1. The van der Waals surface area contributed by atoms with Crippen LogP contribution in [0.15, 0.2) is 12.4 Å². The highest BCUT2D eigenvalue weighted by molar-refractivity contribution is 5.76. The highest BCUT2D eigenvalue weighted by Crippen LogP contribution is 2.13. The maximum Gasteiger partial charge on any atom is 0.224 e. The van der Waals surface area contributed by atoms with Gasteiger partial charge in [0.2, 0.25) is 5.91 Å². The second kappa shape index (κ2) is 5.52. The number of nitrogens with zero attached hydrogens (tertiary/aromatic N) is 3. The van der Waals surface area contributed by atoms with E-state index in [2.05, 4.69) is 23.4 Å². The van der Waals surface area contributed by atoms with Crippen molar-refractivity contribution in [1.29, 1.82) is 0 Å². The van der Waals surface area contributed by atoms with Crippen molar-refractivity contribution in [3.8, 4) is 0 Å². The van der Waals surface area contributed by atoms with Crippen LogP contribution < -0.4 is 5.73 Å². The first-order valence-electron chi connectivity index (χ1n) is 6.62. The summed E-state index contributed by atoms with van der Waals surface area (Å²) in [6.07, 6.45) is 5.20. The molecule has 0 saturated carbocycles. The van der Waals surface area contributed by atoms with Gasteiger partial charge in [-0.1, -0.05) is 13.8 Å². The van der Waals surface area contributed by atoms with Crippen molar-refractivity contribution >= 4 is 5.91 Å². The SMILES string of the molecule is CC(C)c1nccn1CCC(=O)N1CCC(N)C1. The first-order valence-corrected chi connectivity index (χ1v) is 6.62. The first-order chi connectivity index (χ1) is 8.58. The third-order valence-electron chi connectivity index (χ3n) is 3.41. The van der Waals surface area contributed by atoms with Crippen LogP contribution in [-0.4, -0.2) is 39.5 Å². The van der Waals surface area contributed by atoms with E-state index in [9.17, 15) is 4.79 Å². The van der Waals surface area contributed by atoms with E-state index in [1.807, 2.05) is 11.1 Å². The number of likely N-dealkylation sites (tertiary alicyclic amines) is 1. The van der Waals surface area contributed by atoms with E-state index in [0.717, 1.165) is 18.8 Å². The van der Waals surface area contributed by atoms with Crippen molar-refractivity contribution in [2.75, 3.05) is 13.1 Å². The van der Waals surface area contributed by atoms with Gasteiger partial charge in [0.15, 0.2) is 0 Å². The molecule has 0 spiro atoms. The van der Waals surface area contributed by atoms with Gasteiger partial charge < -0.3 is 15.2 Å². The lowest BCUT2D eigenvalue weighted by atomic mass is 10.2. The molecular weight excluding hydrogens is 228 g/mol. The van der Waals surface area contributed by atoms with Crippen molar-refractivity contribution in [3.63, 3.8) is 0 Å². The minimum absolute atomic E-state index is 0.161. The minimum Gasteiger partial charge on any atom is -0.341 e. The Morgan fingerprint density at radius 3 is 3.00 bits per heavy atom. The van der Waals surface area contributed by atoms with E-state index in [4.69, 9.17) is 5.73 Å². The smallest absolute Gasteiger partial charge is 0.224 e. The van der Waals surface area contributed by atoms with Crippen LogP contribution in [0, 0.1) is 0 Å². The van der Waals surface area contributed by atoms with Gasteiger partial charge in [0.1, 0.15) is 5.82 Å². The number of carbonyl (C=O) groups is 1. The van der Waals surface area contributed by atoms with Crippen LogP contribution in [0.25, 0.3) is 0 Å². The van der Waals surface area contributed by atoms with E-state index in [-0.39, 0.29) is 11.9 Å². The Bertz CT molecular complexity index is 413. The summed E-state index contributed by atoms with van der Waals surface area (Å²) in [4.78, 5) is 18.2. The molecule has 100 valence electrons. The molecule has 1 atom stereocenters. The Morgan fingerprint density at radius 1 is 1.61 bits per heavy atom. The highest BCUT2D eigenvalue weighted by Gasteiger charge is 2.23. The molecule has 1 fully saturated rings. The predicted octanol–water partition coefficient (Wildman–Crippen LogP) is 0.956. The van der Waals surface area contributed by atoms with Gasteiger partial charge in [0.05, 0.1) is 0 Å². The lowest BCUT2D eigenvalue weighted by molar-refractivity contribution is -0.130. The zero-order valence-electron chi connectivity index (χ0n) is 11.2. The van der Waals surface area contributed by atoms with Gasteiger partial charge in [-0.05, 0) is 6.42 Å². The van der Waals surface area contributed by atoms with Crippen molar-refractivity contribution < 1.29 is 4.79 Å². The van der Waals surface area contributed by atoms with Gasteiger partial charge in [-0.25, -0.2) is 4.98 Å². The topological polar surface area (TPSA) is 64.2 Å². The van der Waals surface area contributed by atoms with Gasteiger partial charge in [-0.3, -0.25) is 4.79 Å². The van der Waals surface area contributed by atoms with Crippen LogP contribution in [0.3, 0.4) is 0 Å². The standard InChI is InChI=1S/C13H22N4O/c1-10(2)13-15-5-8-16(13)7-4-12(18)17-6-3-11(14)9-17/h5,8,10-11H,3-4,6-7,9,14H2,1-2H3. The van der Waals surface area contributed by atoms with Crippen LogP contribution in [0.5, 0.6) is 0 Å². The van der Waals surface area contributed by atoms with Crippen LogP contribution in [-0.2, 0) is 11.3 Å². The Hall–Kier alpha value is -1.36. The summed E-state index contributed by atoms with van der Waals surface area (Å²) in [5.74, 6) is 1.63. The normalized spacial score (nSPS) is 19.8. The van der Waals surface area contributed by atoms with Gasteiger partial charge in [-0.2, -0.15) is 0 Å². The summed E-state index contributed by atoms with van der Waals surface area (Å²) in [5.41, 5.74) is 5.81. The summed E-state index contributed by atoms with van der Waals surface area (Å²) in [7, 11) is 0.